The van der Waals surface area contributed by atoms with E-state index >= 15 is 0 Å². The van der Waals surface area contributed by atoms with Crippen LogP contribution in [0.4, 0.5) is 0 Å². The van der Waals surface area contributed by atoms with Crippen molar-refractivity contribution < 1.29 is 23.8 Å². The summed E-state index contributed by atoms with van der Waals surface area (Å²) in [6.07, 6.45) is 1.52. The van der Waals surface area contributed by atoms with E-state index in [2.05, 4.69) is 0 Å². The van der Waals surface area contributed by atoms with Crippen molar-refractivity contribution >= 4 is 17.4 Å². The molecule has 2 aromatic carbocycles. The van der Waals surface area contributed by atoms with Crippen LogP contribution < -0.4 is 4.74 Å². The summed E-state index contributed by atoms with van der Waals surface area (Å²) in [6.45, 7) is 1.97. The average Bonchev–Trinajstić information content (AvgIpc) is 3.36. The second-order valence-electron chi connectivity index (χ2n) is 7.10. The number of nitrogens with zero attached hydrogens (tertiary/aromatic N) is 1. The third-order valence-electron chi connectivity index (χ3n) is 5.23. The Morgan fingerprint density at radius 2 is 1.87 bits per heavy atom. The van der Waals surface area contributed by atoms with Crippen molar-refractivity contribution in [2.45, 2.75) is 19.5 Å². The van der Waals surface area contributed by atoms with Gasteiger partial charge in [-0.25, -0.2) is 0 Å². The molecule has 152 valence electrons. The lowest BCUT2D eigenvalue weighted by atomic mass is 9.95. The number of aliphatic hydroxyl groups excluding tert-OH is 1. The standard InChI is InChI=1S/C24H21NO5/c1-15-13-17(10-11-19(15)29-2)22(26)20-21(16-7-4-3-5-8-16)25(24(28)23(20)27)14-18-9-6-12-30-18/h3-13,21,26H,14H2,1-2H3/b22-20-. The molecule has 2 heterocycles. The Morgan fingerprint density at radius 1 is 1.10 bits per heavy atom. The van der Waals surface area contributed by atoms with E-state index in [1.54, 1.807) is 37.4 Å². The molecule has 1 N–H and O–H groups in total. The van der Waals surface area contributed by atoms with Gasteiger partial charge in [0.2, 0.25) is 0 Å². The summed E-state index contributed by atoms with van der Waals surface area (Å²) in [5.41, 5.74) is 2.05. The van der Waals surface area contributed by atoms with Crippen LogP contribution in [-0.4, -0.2) is 28.8 Å². The Kier molecular flexibility index (Phi) is 5.14. The number of Topliss-reactive ketones (excluding diaryl/α,β-unsaturated/α-hetero) is 1. The van der Waals surface area contributed by atoms with E-state index in [0.717, 1.165) is 11.1 Å². The number of hydrogen-bond acceptors (Lipinski definition) is 5. The molecule has 1 aromatic heterocycles. The summed E-state index contributed by atoms with van der Waals surface area (Å²) >= 11 is 0. The Bertz CT molecular complexity index is 1120. The van der Waals surface area contributed by atoms with Crippen molar-refractivity contribution in [3.05, 3.63) is 95.0 Å². The SMILES string of the molecule is COc1ccc(/C(O)=C2/C(=O)C(=O)N(Cc3ccco3)C2c2ccccc2)cc1C. The number of ketones is 1. The fourth-order valence-corrected chi connectivity index (χ4v) is 3.78. The minimum Gasteiger partial charge on any atom is -0.507 e. The van der Waals surface area contributed by atoms with Crippen LogP contribution in [-0.2, 0) is 16.1 Å². The van der Waals surface area contributed by atoms with Crippen LogP contribution in [0.3, 0.4) is 0 Å². The second-order valence-corrected chi connectivity index (χ2v) is 7.10. The van der Waals surface area contributed by atoms with Crippen molar-refractivity contribution in [2.75, 3.05) is 7.11 Å². The van der Waals surface area contributed by atoms with Crippen LogP contribution in [0.1, 0.15) is 28.5 Å². The fraction of sp³-hybridized carbons (Fsp3) is 0.167. The lowest BCUT2D eigenvalue weighted by molar-refractivity contribution is -0.140. The number of aryl methyl sites for hydroxylation is 1. The minimum absolute atomic E-state index is 0.0577. The lowest BCUT2D eigenvalue weighted by Gasteiger charge is -2.24. The van der Waals surface area contributed by atoms with Gasteiger partial charge in [0.05, 0.1) is 31.5 Å². The molecule has 0 radical (unpaired) electrons. The molecular weight excluding hydrogens is 382 g/mol. The highest BCUT2D eigenvalue weighted by Gasteiger charge is 2.46. The quantitative estimate of drug-likeness (QED) is 0.392. The number of rotatable bonds is 5. The highest BCUT2D eigenvalue weighted by atomic mass is 16.5. The van der Waals surface area contributed by atoms with Crippen molar-refractivity contribution in [2.24, 2.45) is 0 Å². The Balaban J connectivity index is 1.85. The molecule has 4 rings (SSSR count). The molecule has 1 fully saturated rings. The van der Waals surface area contributed by atoms with Gasteiger partial charge in [-0.05, 0) is 48.4 Å². The minimum atomic E-state index is -0.723. The number of hydrogen-bond donors (Lipinski definition) is 1. The van der Waals surface area contributed by atoms with Crippen LogP contribution in [0.2, 0.25) is 0 Å². The Morgan fingerprint density at radius 3 is 2.50 bits per heavy atom. The first kappa shape index (κ1) is 19.5. The molecule has 1 saturated heterocycles. The summed E-state index contributed by atoms with van der Waals surface area (Å²) in [4.78, 5) is 27.3. The third kappa shape index (κ3) is 3.37. The highest BCUT2D eigenvalue weighted by molar-refractivity contribution is 6.46. The van der Waals surface area contributed by atoms with Crippen LogP contribution in [0.5, 0.6) is 5.75 Å². The van der Waals surface area contributed by atoms with Crippen LogP contribution >= 0.6 is 0 Å². The van der Waals surface area contributed by atoms with E-state index < -0.39 is 17.7 Å². The topological polar surface area (TPSA) is 80.0 Å². The summed E-state index contributed by atoms with van der Waals surface area (Å²) in [7, 11) is 1.57. The maximum absolute atomic E-state index is 13.0. The predicted octanol–water partition coefficient (Wildman–Crippen LogP) is 4.22. The summed E-state index contributed by atoms with van der Waals surface area (Å²) in [5.74, 6) is -0.383. The van der Waals surface area contributed by atoms with Gasteiger partial charge in [-0.15, -0.1) is 0 Å². The molecule has 1 atom stereocenters. The number of furan rings is 1. The molecule has 3 aromatic rings. The lowest BCUT2D eigenvalue weighted by Crippen LogP contribution is -2.29. The van der Waals surface area contributed by atoms with Crippen molar-refractivity contribution in [3.8, 4) is 5.75 Å². The predicted molar refractivity (Wildman–Crippen MR) is 111 cm³/mol. The van der Waals surface area contributed by atoms with Gasteiger partial charge in [0.15, 0.2) is 0 Å². The van der Waals surface area contributed by atoms with Crippen LogP contribution in [0.15, 0.2) is 76.9 Å². The van der Waals surface area contributed by atoms with Crippen LogP contribution in [0.25, 0.3) is 5.76 Å². The first-order valence-electron chi connectivity index (χ1n) is 9.52. The maximum atomic E-state index is 13.0. The number of methoxy groups -OCH3 is 1. The molecule has 1 unspecified atom stereocenters. The average molecular weight is 403 g/mol. The number of ether oxygens (including phenoxy) is 1. The molecule has 1 aliphatic rings. The highest BCUT2D eigenvalue weighted by Crippen LogP contribution is 2.40. The van der Waals surface area contributed by atoms with E-state index in [0.29, 0.717) is 17.1 Å². The monoisotopic (exact) mass is 403 g/mol. The number of amides is 1. The molecule has 30 heavy (non-hydrogen) atoms. The Hall–Kier alpha value is -3.80. The third-order valence-corrected chi connectivity index (χ3v) is 5.23. The van der Waals surface area contributed by atoms with Crippen molar-refractivity contribution in [3.63, 3.8) is 0 Å². The molecule has 6 nitrogen and oxygen atoms in total. The molecular formula is C24H21NO5. The van der Waals surface area contributed by atoms with Gasteiger partial charge in [0.1, 0.15) is 17.3 Å². The molecule has 0 bridgehead atoms. The van der Waals surface area contributed by atoms with Crippen molar-refractivity contribution in [1.29, 1.82) is 0 Å². The fourth-order valence-electron chi connectivity index (χ4n) is 3.78. The van der Waals surface area contributed by atoms with Gasteiger partial charge in [-0.3, -0.25) is 9.59 Å². The van der Waals surface area contributed by atoms with E-state index in [1.165, 1.54) is 11.2 Å². The first-order valence-corrected chi connectivity index (χ1v) is 9.52. The molecule has 0 spiro atoms. The van der Waals surface area contributed by atoms with Gasteiger partial charge in [0, 0.05) is 5.56 Å². The molecule has 1 aliphatic heterocycles. The zero-order valence-corrected chi connectivity index (χ0v) is 16.7. The molecule has 0 aliphatic carbocycles. The number of benzene rings is 2. The first-order chi connectivity index (χ1) is 14.5. The summed E-state index contributed by atoms with van der Waals surface area (Å²) in [5, 5.41) is 11.1. The van der Waals surface area contributed by atoms with E-state index in [9.17, 15) is 14.7 Å². The van der Waals surface area contributed by atoms with Gasteiger partial charge in [-0.2, -0.15) is 0 Å². The van der Waals surface area contributed by atoms with Crippen molar-refractivity contribution in [1.82, 2.24) is 4.90 Å². The second kappa shape index (κ2) is 7.91. The summed E-state index contributed by atoms with van der Waals surface area (Å²) in [6, 6.07) is 17.1. The zero-order valence-electron chi connectivity index (χ0n) is 16.7. The van der Waals surface area contributed by atoms with Gasteiger partial charge in [-0.1, -0.05) is 30.3 Å². The maximum Gasteiger partial charge on any atom is 0.296 e. The normalized spacial score (nSPS) is 18.1. The van der Waals surface area contributed by atoms with Gasteiger partial charge >= 0.3 is 0 Å². The largest absolute Gasteiger partial charge is 0.507 e. The van der Waals surface area contributed by atoms with Crippen LogP contribution in [0, 0.1) is 6.92 Å². The van der Waals surface area contributed by atoms with E-state index in [4.69, 9.17) is 9.15 Å². The smallest absolute Gasteiger partial charge is 0.296 e. The number of likely N-dealkylation sites (tertiary alicyclic amines) is 1. The van der Waals surface area contributed by atoms with E-state index in [-0.39, 0.29) is 17.9 Å². The number of carbonyl (C=O) groups excluding carboxylic acids is 2. The number of aliphatic hydroxyl groups is 1. The zero-order chi connectivity index (χ0) is 21.3. The molecule has 0 saturated carbocycles. The van der Waals surface area contributed by atoms with Gasteiger partial charge < -0.3 is 19.2 Å². The molecule has 6 heteroatoms. The molecule has 1 amide bonds. The van der Waals surface area contributed by atoms with E-state index in [1.807, 2.05) is 37.3 Å². The summed E-state index contributed by atoms with van der Waals surface area (Å²) < 4.78 is 10.7. The van der Waals surface area contributed by atoms with Gasteiger partial charge in [0.25, 0.3) is 11.7 Å². The Labute approximate surface area is 174 Å². The number of carbonyl (C=O) groups is 2.